The third-order valence-corrected chi connectivity index (χ3v) is 6.24. The van der Waals surface area contributed by atoms with Gasteiger partial charge in [0, 0.05) is 18.7 Å². The van der Waals surface area contributed by atoms with Crippen molar-refractivity contribution in [3.05, 3.63) is 35.9 Å². The normalized spacial score (nSPS) is 14.9. The summed E-state index contributed by atoms with van der Waals surface area (Å²) >= 11 is 1.45. The molecule has 0 aliphatic heterocycles. The molecule has 1 aliphatic carbocycles. The first-order valence-corrected chi connectivity index (χ1v) is 11.2. The molecular weight excluding hydrogens is 384 g/mol. The second-order valence-corrected chi connectivity index (χ2v) is 8.50. The average Bonchev–Trinajstić information content (AvgIpc) is 3.16. The molecule has 1 heterocycles. The zero-order valence-electron chi connectivity index (χ0n) is 17.5. The van der Waals surface area contributed by atoms with Crippen molar-refractivity contribution in [2.75, 3.05) is 13.7 Å². The lowest BCUT2D eigenvalue weighted by Crippen LogP contribution is -2.32. The first-order valence-electron chi connectivity index (χ1n) is 10.3. The van der Waals surface area contributed by atoms with Crippen LogP contribution in [0.4, 0.5) is 0 Å². The van der Waals surface area contributed by atoms with Gasteiger partial charge in [0.05, 0.1) is 12.4 Å². The van der Waals surface area contributed by atoms with Crippen LogP contribution < -0.4 is 10.1 Å². The molecule has 0 radical (unpaired) electrons. The van der Waals surface area contributed by atoms with Crippen LogP contribution in [0.3, 0.4) is 0 Å². The van der Waals surface area contributed by atoms with Crippen LogP contribution in [-0.2, 0) is 11.3 Å². The first-order chi connectivity index (χ1) is 14.1. The van der Waals surface area contributed by atoms with Gasteiger partial charge in [-0.2, -0.15) is 0 Å². The minimum Gasteiger partial charge on any atom is -0.497 e. The monoisotopic (exact) mass is 414 g/mol. The van der Waals surface area contributed by atoms with Gasteiger partial charge in [-0.25, -0.2) is 0 Å². The molecule has 6 nitrogen and oxygen atoms in total. The first kappa shape index (κ1) is 21.4. The fourth-order valence-corrected chi connectivity index (χ4v) is 4.39. The number of methoxy groups -OCH3 is 1. The number of amides is 1. The standard InChI is InChI=1S/C22H30N4O2S/c1-4-26-20(18-10-12-19(28-3)13-11-18)24-25-22(26)29-16(2)21(27)23-15-14-17-8-6-5-7-9-17/h8,10-13,16H,4-7,9,14-15H2,1-3H3,(H,23,27)/t16-/m0/s1. The summed E-state index contributed by atoms with van der Waals surface area (Å²) in [5.74, 6) is 1.65. The molecule has 156 valence electrons. The number of allylic oxidation sites excluding steroid dienone is 1. The van der Waals surface area contributed by atoms with Crippen LogP contribution in [0.5, 0.6) is 5.75 Å². The smallest absolute Gasteiger partial charge is 0.233 e. The van der Waals surface area contributed by atoms with Crippen LogP contribution in [0.1, 0.15) is 46.0 Å². The van der Waals surface area contributed by atoms with E-state index >= 15 is 0 Å². The molecule has 3 rings (SSSR count). The minimum absolute atomic E-state index is 0.0445. The van der Waals surface area contributed by atoms with Gasteiger partial charge in [0.25, 0.3) is 0 Å². The van der Waals surface area contributed by atoms with E-state index in [4.69, 9.17) is 4.74 Å². The van der Waals surface area contributed by atoms with Gasteiger partial charge in [-0.15, -0.1) is 10.2 Å². The maximum absolute atomic E-state index is 12.5. The number of ether oxygens (including phenoxy) is 1. The van der Waals surface area contributed by atoms with Crippen LogP contribution in [0.15, 0.2) is 41.1 Å². The van der Waals surface area contributed by atoms with Crippen LogP contribution >= 0.6 is 11.8 Å². The summed E-state index contributed by atoms with van der Waals surface area (Å²) in [6.07, 6.45) is 8.20. The van der Waals surface area contributed by atoms with Crippen molar-refractivity contribution in [2.45, 2.75) is 62.9 Å². The summed E-state index contributed by atoms with van der Waals surface area (Å²) in [6, 6.07) is 7.77. The van der Waals surface area contributed by atoms with Gasteiger partial charge in [-0.1, -0.05) is 23.4 Å². The highest BCUT2D eigenvalue weighted by Crippen LogP contribution is 2.28. The van der Waals surface area contributed by atoms with Crippen molar-refractivity contribution >= 4 is 17.7 Å². The predicted octanol–water partition coefficient (Wildman–Crippen LogP) is 4.46. The fourth-order valence-electron chi connectivity index (χ4n) is 3.45. The summed E-state index contributed by atoms with van der Waals surface area (Å²) in [5, 5.41) is 12.3. The molecule has 1 aromatic heterocycles. The second-order valence-electron chi connectivity index (χ2n) is 7.19. The zero-order chi connectivity index (χ0) is 20.6. The Morgan fingerprint density at radius 1 is 1.28 bits per heavy atom. The van der Waals surface area contributed by atoms with E-state index < -0.39 is 0 Å². The Balaban J connectivity index is 1.59. The topological polar surface area (TPSA) is 69.0 Å². The lowest BCUT2D eigenvalue weighted by Gasteiger charge is -2.15. The maximum atomic E-state index is 12.5. The Morgan fingerprint density at radius 3 is 2.72 bits per heavy atom. The largest absolute Gasteiger partial charge is 0.497 e. The molecule has 1 atom stereocenters. The Morgan fingerprint density at radius 2 is 2.07 bits per heavy atom. The average molecular weight is 415 g/mol. The lowest BCUT2D eigenvalue weighted by molar-refractivity contribution is -0.120. The van der Waals surface area contributed by atoms with Crippen molar-refractivity contribution in [2.24, 2.45) is 0 Å². The SMILES string of the molecule is CCn1c(S[C@@H](C)C(=O)NCCC2=CCCCC2)nnc1-c1ccc(OC)cc1. The van der Waals surface area contributed by atoms with E-state index in [0.717, 1.165) is 35.3 Å². The van der Waals surface area contributed by atoms with Gasteiger partial charge in [-0.05, 0) is 70.2 Å². The number of thioether (sulfide) groups is 1. The lowest BCUT2D eigenvalue weighted by atomic mass is 9.97. The number of aromatic nitrogens is 3. The highest BCUT2D eigenvalue weighted by atomic mass is 32.2. The molecule has 1 aliphatic rings. The van der Waals surface area contributed by atoms with Gasteiger partial charge >= 0.3 is 0 Å². The molecule has 1 amide bonds. The number of carbonyl (C=O) groups excluding carboxylic acids is 1. The highest BCUT2D eigenvalue weighted by molar-refractivity contribution is 8.00. The predicted molar refractivity (Wildman–Crippen MR) is 117 cm³/mol. The number of carbonyl (C=O) groups is 1. The molecule has 1 N–H and O–H groups in total. The molecule has 7 heteroatoms. The number of hydrogen-bond donors (Lipinski definition) is 1. The Kier molecular flexibility index (Phi) is 7.75. The molecule has 0 saturated carbocycles. The summed E-state index contributed by atoms with van der Waals surface area (Å²) < 4.78 is 7.27. The molecule has 0 saturated heterocycles. The zero-order valence-corrected chi connectivity index (χ0v) is 18.3. The summed E-state index contributed by atoms with van der Waals surface area (Å²) in [7, 11) is 1.65. The van der Waals surface area contributed by atoms with Crippen molar-refractivity contribution < 1.29 is 9.53 Å². The van der Waals surface area contributed by atoms with Crippen molar-refractivity contribution in [3.63, 3.8) is 0 Å². The van der Waals surface area contributed by atoms with E-state index in [1.807, 2.05) is 35.8 Å². The number of nitrogens with one attached hydrogen (secondary N) is 1. The molecule has 2 aromatic rings. The van der Waals surface area contributed by atoms with Crippen LogP contribution in [0.2, 0.25) is 0 Å². The Labute approximate surface area is 177 Å². The molecule has 1 aromatic carbocycles. The molecule has 0 unspecified atom stereocenters. The summed E-state index contributed by atoms with van der Waals surface area (Å²) in [4.78, 5) is 12.5. The van der Waals surface area contributed by atoms with Gasteiger partial charge in [0.2, 0.25) is 5.91 Å². The van der Waals surface area contributed by atoms with Gasteiger partial charge < -0.3 is 14.6 Å². The molecular formula is C22H30N4O2S. The highest BCUT2D eigenvalue weighted by Gasteiger charge is 2.20. The van der Waals surface area contributed by atoms with Gasteiger partial charge in [0.1, 0.15) is 5.75 Å². The summed E-state index contributed by atoms with van der Waals surface area (Å²) in [6.45, 7) is 5.41. The van der Waals surface area contributed by atoms with Gasteiger partial charge in [-0.3, -0.25) is 4.79 Å². The van der Waals surface area contributed by atoms with E-state index in [2.05, 4.69) is 28.5 Å². The van der Waals surface area contributed by atoms with Crippen LogP contribution in [0, 0.1) is 0 Å². The van der Waals surface area contributed by atoms with E-state index in [9.17, 15) is 4.79 Å². The van der Waals surface area contributed by atoms with Crippen LogP contribution in [0.25, 0.3) is 11.4 Å². The number of nitrogens with zero attached hydrogens (tertiary/aromatic N) is 3. The molecule has 29 heavy (non-hydrogen) atoms. The summed E-state index contributed by atoms with van der Waals surface area (Å²) in [5.41, 5.74) is 2.46. The molecule has 0 fully saturated rings. The maximum Gasteiger partial charge on any atom is 0.233 e. The van der Waals surface area contributed by atoms with Gasteiger partial charge in [0.15, 0.2) is 11.0 Å². The minimum atomic E-state index is -0.228. The van der Waals surface area contributed by atoms with E-state index in [0.29, 0.717) is 6.54 Å². The van der Waals surface area contributed by atoms with Crippen LogP contribution in [-0.4, -0.2) is 39.6 Å². The number of rotatable bonds is 9. The number of benzene rings is 1. The quantitative estimate of drug-likeness (QED) is 0.485. The van der Waals surface area contributed by atoms with Crippen molar-refractivity contribution in [1.29, 1.82) is 0 Å². The Bertz CT molecular complexity index is 845. The fraction of sp³-hybridized carbons (Fsp3) is 0.500. The molecule has 0 bridgehead atoms. The number of hydrogen-bond acceptors (Lipinski definition) is 5. The van der Waals surface area contributed by atoms with E-state index in [1.165, 1.54) is 43.0 Å². The van der Waals surface area contributed by atoms with E-state index in [-0.39, 0.29) is 11.2 Å². The third kappa shape index (κ3) is 5.63. The third-order valence-electron chi connectivity index (χ3n) is 5.16. The van der Waals surface area contributed by atoms with E-state index in [1.54, 1.807) is 7.11 Å². The Hall–Kier alpha value is -2.28. The second kappa shape index (κ2) is 10.5. The van der Waals surface area contributed by atoms with Crippen molar-refractivity contribution in [1.82, 2.24) is 20.1 Å². The van der Waals surface area contributed by atoms with Crippen molar-refractivity contribution in [3.8, 4) is 17.1 Å². The molecule has 0 spiro atoms.